The van der Waals surface area contributed by atoms with Crippen LogP contribution in [0.1, 0.15) is 52.0 Å². The van der Waals surface area contributed by atoms with Crippen molar-refractivity contribution in [1.29, 1.82) is 0 Å². The van der Waals surface area contributed by atoms with E-state index in [2.05, 4.69) is 49.6 Å². The Morgan fingerprint density at radius 2 is 2.29 bits per heavy atom. The summed E-state index contributed by atoms with van der Waals surface area (Å²) in [6, 6.07) is 2.30. The SMILES string of the molecule is CC(C)c1cnn2[c]cc(N[C@@H]3CCC(C)(C)NC3)nc12. The zero-order valence-electron chi connectivity index (χ0n) is 13.3. The van der Waals surface area contributed by atoms with Gasteiger partial charge in [0.2, 0.25) is 0 Å². The quantitative estimate of drug-likeness (QED) is 0.910. The molecule has 0 aliphatic carbocycles. The van der Waals surface area contributed by atoms with Crippen LogP contribution < -0.4 is 10.6 Å². The van der Waals surface area contributed by atoms with Gasteiger partial charge in [0.15, 0.2) is 5.65 Å². The van der Waals surface area contributed by atoms with Gasteiger partial charge >= 0.3 is 0 Å². The molecule has 1 aliphatic rings. The van der Waals surface area contributed by atoms with Crippen molar-refractivity contribution in [1.82, 2.24) is 19.9 Å². The van der Waals surface area contributed by atoms with Crippen molar-refractivity contribution in [2.75, 3.05) is 11.9 Å². The Morgan fingerprint density at radius 3 is 2.95 bits per heavy atom. The lowest BCUT2D eigenvalue weighted by Crippen LogP contribution is -2.50. The number of hydrogen-bond donors (Lipinski definition) is 2. The van der Waals surface area contributed by atoms with Crippen molar-refractivity contribution in [3.05, 3.63) is 24.0 Å². The zero-order chi connectivity index (χ0) is 15.0. The summed E-state index contributed by atoms with van der Waals surface area (Å²) in [7, 11) is 0. The van der Waals surface area contributed by atoms with Crippen molar-refractivity contribution in [2.24, 2.45) is 0 Å². The van der Waals surface area contributed by atoms with E-state index in [9.17, 15) is 0 Å². The largest absolute Gasteiger partial charge is 0.366 e. The average Bonchev–Trinajstić information content (AvgIpc) is 2.84. The predicted molar refractivity (Wildman–Crippen MR) is 84.6 cm³/mol. The van der Waals surface area contributed by atoms with Gasteiger partial charge in [-0.15, -0.1) is 0 Å². The number of fused-ring (bicyclic) bond motifs is 1. The molecule has 1 atom stereocenters. The van der Waals surface area contributed by atoms with Crippen LogP contribution >= 0.6 is 0 Å². The molecule has 113 valence electrons. The zero-order valence-corrected chi connectivity index (χ0v) is 13.3. The Bertz CT molecular complexity index is 619. The molecule has 1 saturated heterocycles. The molecule has 0 amide bonds. The minimum atomic E-state index is 0.248. The van der Waals surface area contributed by atoms with E-state index in [4.69, 9.17) is 4.98 Å². The van der Waals surface area contributed by atoms with E-state index in [-0.39, 0.29) is 5.54 Å². The van der Waals surface area contributed by atoms with Crippen molar-refractivity contribution in [3.8, 4) is 0 Å². The van der Waals surface area contributed by atoms with Crippen LogP contribution in [0.2, 0.25) is 0 Å². The third-order valence-electron chi connectivity index (χ3n) is 4.24. The summed E-state index contributed by atoms with van der Waals surface area (Å²) in [6.07, 6.45) is 7.37. The van der Waals surface area contributed by atoms with E-state index in [1.807, 2.05) is 12.3 Å². The van der Waals surface area contributed by atoms with Gasteiger partial charge in [0, 0.05) is 29.8 Å². The van der Waals surface area contributed by atoms with Crippen LogP contribution in [-0.2, 0) is 0 Å². The molecule has 3 heterocycles. The number of piperidine rings is 1. The molecule has 2 aromatic heterocycles. The normalized spacial score (nSPS) is 21.9. The Balaban J connectivity index is 1.77. The summed E-state index contributed by atoms with van der Waals surface area (Å²) in [6.45, 7) is 9.79. The van der Waals surface area contributed by atoms with Crippen LogP contribution in [0.25, 0.3) is 5.65 Å². The fourth-order valence-corrected chi connectivity index (χ4v) is 2.77. The first-order valence-electron chi connectivity index (χ1n) is 7.72. The number of hydrogen-bond acceptors (Lipinski definition) is 4. The molecule has 0 spiro atoms. The van der Waals surface area contributed by atoms with Gasteiger partial charge in [-0.2, -0.15) is 5.10 Å². The molecule has 5 heteroatoms. The Hall–Kier alpha value is -1.62. The topological polar surface area (TPSA) is 54.2 Å². The molecule has 0 saturated carbocycles. The minimum Gasteiger partial charge on any atom is -0.366 e. The number of rotatable bonds is 3. The predicted octanol–water partition coefficient (Wildman–Crippen LogP) is 2.60. The van der Waals surface area contributed by atoms with Crippen LogP contribution in [0, 0.1) is 6.20 Å². The fourth-order valence-electron chi connectivity index (χ4n) is 2.77. The van der Waals surface area contributed by atoms with Crippen LogP contribution in [0.4, 0.5) is 5.82 Å². The van der Waals surface area contributed by atoms with Gasteiger partial charge in [-0.25, -0.2) is 9.50 Å². The molecular formula is C16H24N5. The van der Waals surface area contributed by atoms with E-state index in [0.717, 1.165) is 30.0 Å². The van der Waals surface area contributed by atoms with E-state index >= 15 is 0 Å². The van der Waals surface area contributed by atoms with Gasteiger partial charge in [0.05, 0.1) is 12.4 Å². The molecule has 1 fully saturated rings. The lowest BCUT2D eigenvalue weighted by Gasteiger charge is -2.36. The second-order valence-corrected chi connectivity index (χ2v) is 6.91. The standard InChI is InChI=1S/C16H24N5/c1-11(2)13-10-18-21-8-6-14(20-15(13)21)19-12-5-7-16(3,4)17-9-12/h6,10-12,17H,5,7,9H2,1-4H3,(H,19,20)/t12-/m1/s1. The third-order valence-corrected chi connectivity index (χ3v) is 4.24. The smallest absolute Gasteiger partial charge is 0.161 e. The minimum absolute atomic E-state index is 0.248. The number of aromatic nitrogens is 3. The van der Waals surface area contributed by atoms with Gasteiger partial charge in [-0.3, -0.25) is 0 Å². The highest BCUT2D eigenvalue weighted by molar-refractivity contribution is 5.52. The molecule has 0 bridgehead atoms. The molecule has 3 rings (SSSR count). The Labute approximate surface area is 126 Å². The summed E-state index contributed by atoms with van der Waals surface area (Å²) in [5.74, 6) is 1.30. The molecule has 0 aromatic carbocycles. The Morgan fingerprint density at radius 1 is 1.48 bits per heavy atom. The lowest BCUT2D eigenvalue weighted by atomic mass is 9.91. The van der Waals surface area contributed by atoms with E-state index in [1.54, 1.807) is 4.52 Å². The van der Waals surface area contributed by atoms with Gasteiger partial charge < -0.3 is 10.6 Å². The van der Waals surface area contributed by atoms with Crippen LogP contribution in [0.5, 0.6) is 0 Å². The maximum absolute atomic E-state index is 4.72. The summed E-state index contributed by atoms with van der Waals surface area (Å²) in [5, 5.41) is 11.4. The van der Waals surface area contributed by atoms with E-state index in [1.165, 1.54) is 6.42 Å². The molecule has 1 radical (unpaired) electrons. The highest BCUT2D eigenvalue weighted by atomic mass is 15.3. The van der Waals surface area contributed by atoms with Crippen LogP contribution in [0.3, 0.4) is 0 Å². The van der Waals surface area contributed by atoms with Gasteiger partial charge in [-0.1, -0.05) is 13.8 Å². The molecule has 2 N–H and O–H groups in total. The van der Waals surface area contributed by atoms with Crippen molar-refractivity contribution in [2.45, 2.75) is 58.0 Å². The molecule has 1 aliphatic heterocycles. The number of anilines is 1. The monoisotopic (exact) mass is 286 g/mol. The van der Waals surface area contributed by atoms with Gasteiger partial charge in [0.1, 0.15) is 5.82 Å². The first-order valence-corrected chi connectivity index (χ1v) is 7.72. The molecule has 2 aromatic rings. The second kappa shape index (κ2) is 5.30. The van der Waals surface area contributed by atoms with E-state index < -0.39 is 0 Å². The average molecular weight is 286 g/mol. The Kier molecular flexibility index (Phi) is 3.61. The molecule has 0 unspecified atom stereocenters. The molecule has 21 heavy (non-hydrogen) atoms. The summed E-state index contributed by atoms with van der Waals surface area (Å²) >= 11 is 0. The van der Waals surface area contributed by atoms with Crippen molar-refractivity contribution >= 4 is 11.5 Å². The van der Waals surface area contributed by atoms with Crippen molar-refractivity contribution in [3.63, 3.8) is 0 Å². The number of nitrogens with one attached hydrogen (secondary N) is 2. The molecule has 5 nitrogen and oxygen atoms in total. The number of nitrogens with zero attached hydrogens (tertiary/aromatic N) is 3. The summed E-state index contributed by atoms with van der Waals surface area (Å²) < 4.78 is 1.72. The van der Waals surface area contributed by atoms with Gasteiger partial charge in [0.25, 0.3) is 0 Å². The summed E-state index contributed by atoms with van der Waals surface area (Å²) in [4.78, 5) is 4.72. The third kappa shape index (κ3) is 3.02. The van der Waals surface area contributed by atoms with E-state index in [0.29, 0.717) is 12.0 Å². The maximum Gasteiger partial charge on any atom is 0.161 e. The first-order chi connectivity index (χ1) is 9.94. The molecular weight excluding hydrogens is 262 g/mol. The highest BCUT2D eigenvalue weighted by Crippen LogP contribution is 2.22. The van der Waals surface area contributed by atoms with Gasteiger partial charge in [-0.05, 0) is 32.6 Å². The summed E-state index contributed by atoms with van der Waals surface area (Å²) in [5.41, 5.74) is 2.31. The van der Waals surface area contributed by atoms with Crippen molar-refractivity contribution < 1.29 is 0 Å². The highest BCUT2D eigenvalue weighted by Gasteiger charge is 2.26. The lowest BCUT2D eigenvalue weighted by molar-refractivity contribution is 0.289. The fraction of sp³-hybridized carbons (Fsp3) is 0.625. The first kappa shape index (κ1) is 14.3. The second-order valence-electron chi connectivity index (χ2n) is 6.91. The van der Waals surface area contributed by atoms with Crippen LogP contribution in [0.15, 0.2) is 12.3 Å². The van der Waals surface area contributed by atoms with Crippen LogP contribution in [-0.4, -0.2) is 32.7 Å². The maximum atomic E-state index is 4.72.